The highest BCUT2D eigenvalue weighted by atomic mass is 32.2. The molecule has 2 rings (SSSR count). The molecule has 0 heterocycles. The molecule has 112 valence electrons. The topological polar surface area (TPSA) is 32.3 Å². The average Bonchev–Trinajstić information content (AvgIpc) is 2.48. The Kier molecular flexibility index (Phi) is 6.17. The first kappa shape index (κ1) is 15.9. The van der Waals surface area contributed by atoms with Crippen molar-refractivity contribution in [3.05, 3.63) is 65.7 Å². The van der Waals surface area contributed by atoms with Crippen molar-refractivity contribution in [3.63, 3.8) is 0 Å². The number of hydrogen-bond acceptors (Lipinski definition) is 3. The molecule has 0 fully saturated rings. The standard InChI is InChI=1S/C16H17F2NOS/c17-13-7-4-8-14(18)16(13)15(20)11-19-9-10-21-12-5-2-1-3-6-12/h1-8,15,19-20H,9-11H2. The van der Waals surface area contributed by atoms with Crippen LogP contribution in [0.2, 0.25) is 0 Å². The zero-order chi connectivity index (χ0) is 15.1. The van der Waals surface area contributed by atoms with Crippen molar-refractivity contribution < 1.29 is 13.9 Å². The molecule has 5 heteroatoms. The predicted octanol–water partition coefficient (Wildman–Crippen LogP) is 3.38. The van der Waals surface area contributed by atoms with E-state index in [1.807, 2.05) is 30.3 Å². The highest BCUT2D eigenvalue weighted by molar-refractivity contribution is 7.99. The molecule has 0 radical (unpaired) electrons. The Morgan fingerprint density at radius 3 is 2.33 bits per heavy atom. The molecule has 0 aliphatic rings. The van der Waals surface area contributed by atoms with E-state index in [4.69, 9.17) is 0 Å². The van der Waals surface area contributed by atoms with E-state index in [0.717, 1.165) is 17.9 Å². The van der Waals surface area contributed by atoms with Crippen molar-refractivity contribution in [1.29, 1.82) is 0 Å². The maximum atomic E-state index is 13.5. The van der Waals surface area contributed by atoms with Crippen LogP contribution < -0.4 is 5.32 Å². The quantitative estimate of drug-likeness (QED) is 0.607. The van der Waals surface area contributed by atoms with Gasteiger partial charge in [-0.3, -0.25) is 0 Å². The fourth-order valence-corrected chi connectivity index (χ4v) is 2.76. The predicted molar refractivity (Wildman–Crippen MR) is 81.4 cm³/mol. The van der Waals surface area contributed by atoms with Crippen molar-refractivity contribution in [2.75, 3.05) is 18.8 Å². The maximum absolute atomic E-state index is 13.5. The van der Waals surface area contributed by atoms with Crippen molar-refractivity contribution >= 4 is 11.8 Å². The fraction of sp³-hybridized carbons (Fsp3) is 0.250. The minimum absolute atomic E-state index is 0.118. The lowest BCUT2D eigenvalue weighted by Crippen LogP contribution is -2.24. The molecule has 2 nitrogen and oxygen atoms in total. The summed E-state index contributed by atoms with van der Waals surface area (Å²) in [5.41, 5.74) is -0.277. The molecule has 2 N–H and O–H groups in total. The maximum Gasteiger partial charge on any atom is 0.131 e. The first-order chi connectivity index (χ1) is 10.2. The molecule has 1 unspecified atom stereocenters. The fourth-order valence-electron chi connectivity index (χ4n) is 1.93. The van der Waals surface area contributed by atoms with Gasteiger partial charge in [-0.1, -0.05) is 24.3 Å². The van der Waals surface area contributed by atoms with E-state index in [-0.39, 0.29) is 12.1 Å². The van der Waals surface area contributed by atoms with E-state index in [9.17, 15) is 13.9 Å². The summed E-state index contributed by atoms with van der Waals surface area (Å²) in [6.07, 6.45) is -1.19. The molecule has 0 bridgehead atoms. The van der Waals surface area contributed by atoms with E-state index in [2.05, 4.69) is 5.32 Å². The molecule has 0 aliphatic carbocycles. The van der Waals surface area contributed by atoms with Crippen LogP contribution in [0.5, 0.6) is 0 Å². The SMILES string of the molecule is OC(CNCCSc1ccccc1)c1c(F)cccc1F. The van der Waals surface area contributed by atoms with Crippen LogP contribution in [-0.2, 0) is 0 Å². The normalized spacial score (nSPS) is 12.3. The van der Waals surface area contributed by atoms with Gasteiger partial charge in [-0.2, -0.15) is 0 Å². The van der Waals surface area contributed by atoms with E-state index < -0.39 is 17.7 Å². The number of aliphatic hydroxyl groups is 1. The van der Waals surface area contributed by atoms with Gasteiger partial charge in [0.1, 0.15) is 11.6 Å². The van der Waals surface area contributed by atoms with E-state index in [0.29, 0.717) is 6.54 Å². The Bertz CT molecular complexity index is 545. The monoisotopic (exact) mass is 309 g/mol. The van der Waals surface area contributed by atoms with Gasteiger partial charge in [-0.05, 0) is 24.3 Å². The second kappa shape index (κ2) is 8.12. The van der Waals surface area contributed by atoms with Crippen molar-refractivity contribution in [3.8, 4) is 0 Å². The van der Waals surface area contributed by atoms with Gasteiger partial charge in [0.15, 0.2) is 0 Å². The molecule has 0 saturated carbocycles. The number of halogens is 2. The summed E-state index contributed by atoms with van der Waals surface area (Å²) < 4.78 is 26.9. The van der Waals surface area contributed by atoms with Crippen LogP contribution in [0.3, 0.4) is 0 Å². The molecule has 0 aromatic heterocycles. The van der Waals surface area contributed by atoms with Crippen LogP contribution >= 0.6 is 11.8 Å². The molecule has 0 saturated heterocycles. The Morgan fingerprint density at radius 2 is 1.67 bits per heavy atom. The van der Waals surface area contributed by atoms with Crippen molar-refractivity contribution in [2.45, 2.75) is 11.0 Å². The zero-order valence-electron chi connectivity index (χ0n) is 11.4. The third-order valence-corrected chi connectivity index (χ3v) is 3.98. The van der Waals surface area contributed by atoms with Gasteiger partial charge in [0, 0.05) is 23.7 Å². The highest BCUT2D eigenvalue weighted by Gasteiger charge is 2.16. The number of thioether (sulfide) groups is 1. The lowest BCUT2D eigenvalue weighted by atomic mass is 10.1. The van der Waals surface area contributed by atoms with Gasteiger partial charge in [0.05, 0.1) is 11.7 Å². The summed E-state index contributed by atoms with van der Waals surface area (Å²) in [4.78, 5) is 1.17. The van der Waals surface area contributed by atoms with E-state index >= 15 is 0 Å². The Morgan fingerprint density at radius 1 is 1.00 bits per heavy atom. The Hall–Kier alpha value is -1.43. The first-order valence-electron chi connectivity index (χ1n) is 6.69. The van der Waals surface area contributed by atoms with Crippen LogP contribution in [0.25, 0.3) is 0 Å². The number of nitrogens with one attached hydrogen (secondary N) is 1. The van der Waals surface area contributed by atoms with Gasteiger partial charge < -0.3 is 10.4 Å². The van der Waals surface area contributed by atoms with Gasteiger partial charge in [-0.25, -0.2) is 8.78 Å². The van der Waals surface area contributed by atoms with Crippen LogP contribution in [-0.4, -0.2) is 23.9 Å². The summed E-state index contributed by atoms with van der Waals surface area (Å²) in [5.74, 6) is -0.623. The lowest BCUT2D eigenvalue weighted by molar-refractivity contribution is 0.166. The lowest BCUT2D eigenvalue weighted by Gasteiger charge is -2.13. The van der Waals surface area contributed by atoms with Gasteiger partial charge in [-0.15, -0.1) is 11.8 Å². The first-order valence-corrected chi connectivity index (χ1v) is 7.67. The summed E-state index contributed by atoms with van der Waals surface area (Å²) in [6, 6.07) is 13.5. The van der Waals surface area contributed by atoms with E-state index in [1.165, 1.54) is 11.0 Å². The minimum Gasteiger partial charge on any atom is -0.387 e. The summed E-state index contributed by atoms with van der Waals surface area (Å²) in [5, 5.41) is 12.9. The summed E-state index contributed by atoms with van der Waals surface area (Å²) in [7, 11) is 0. The Labute approximate surface area is 127 Å². The van der Waals surface area contributed by atoms with Crippen LogP contribution in [0.1, 0.15) is 11.7 Å². The van der Waals surface area contributed by atoms with Gasteiger partial charge in [0.25, 0.3) is 0 Å². The van der Waals surface area contributed by atoms with Crippen molar-refractivity contribution in [2.24, 2.45) is 0 Å². The second-order valence-corrected chi connectivity index (χ2v) is 5.69. The molecule has 1 atom stereocenters. The Balaban J connectivity index is 1.73. The molecule has 2 aromatic rings. The second-order valence-electron chi connectivity index (χ2n) is 4.52. The zero-order valence-corrected chi connectivity index (χ0v) is 12.2. The molecular formula is C16H17F2NOS. The smallest absolute Gasteiger partial charge is 0.131 e. The molecule has 0 amide bonds. The van der Waals surface area contributed by atoms with Gasteiger partial charge >= 0.3 is 0 Å². The van der Waals surface area contributed by atoms with Crippen LogP contribution in [0.4, 0.5) is 8.78 Å². The van der Waals surface area contributed by atoms with Crippen LogP contribution in [0, 0.1) is 11.6 Å². The molecule has 2 aromatic carbocycles. The minimum atomic E-state index is -1.19. The third-order valence-electron chi connectivity index (χ3n) is 2.96. The largest absolute Gasteiger partial charge is 0.387 e. The number of rotatable bonds is 7. The van der Waals surface area contributed by atoms with E-state index in [1.54, 1.807) is 11.8 Å². The molecule has 0 spiro atoms. The molecule has 21 heavy (non-hydrogen) atoms. The van der Waals surface area contributed by atoms with Gasteiger partial charge in [0.2, 0.25) is 0 Å². The highest BCUT2D eigenvalue weighted by Crippen LogP contribution is 2.20. The number of aliphatic hydroxyl groups excluding tert-OH is 1. The molecular weight excluding hydrogens is 292 g/mol. The third kappa shape index (κ3) is 4.81. The average molecular weight is 309 g/mol. The number of benzene rings is 2. The number of hydrogen-bond donors (Lipinski definition) is 2. The van der Waals surface area contributed by atoms with Crippen LogP contribution in [0.15, 0.2) is 53.4 Å². The summed E-state index contributed by atoms with van der Waals surface area (Å²) in [6.45, 7) is 0.764. The molecule has 0 aliphatic heterocycles. The van der Waals surface area contributed by atoms with Crippen molar-refractivity contribution in [1.82, 2.24) is 5.32 Å². The summed E-state index contributed by atoms with van der Waals surface area (Å²) >= 11 is 1.68.